The number of carbonyl (C=O) groups is 2. The van der Waals surface area contributed by atoms with Gasteiger partial charge in [-0.1, -0.05) is 6.07 Å². The van der Waals surface area contributed by atoms with Gasteiger partial charge in [0.25, 0.3) is 0 Å². The topological polar surface area (TPSA) is 61.8 Å². The van der Waals surface area contributed by atoms with Crippen molar-refractivity contribution in [1.29, 1.82) is 0 Å². The van der Waals surface area contributed by atoms with Crippen LogP contribution in [0.1, 0.15) is 18.4 Å². The van der Waals surface area contributed by atoms with Crippen molar-refractivity contribution < 1.29 is 23.8 Å². The number of fused-ring (bicyclic) bond motifs is 1. The molecule has 100 valence electrons. The molecule has 5 heteroatoms. The van der Waals surface area contributed by atoms with Crippen LogP contribution in [0.3, 0.4) is 0 Å². The summed E-state index contributed by atoms with van der Waals surface area (Å²) in [4.78, 5) is 22.6. The van der Waals surface area contributed by atoms with Gasteiger partial charge in [-0.25, -0.2) is 0 Å². The number of ether oxygens (including phenoxy) is 3. The number of rotatable bonds is 2. The number of esters is 2. The zero-order valence-electron chi connectivity index (χ0n) is 10.4. The van der Waals surface area contributed by atoms with Crippen molar-refractivity contribution >= 4 is 11.9 Å². The number of hydrogen-bond acceptors (Lipinski definition) is 5. The predicted molar refractivity (Wildman–Crippen MR) is 65.0 cm³/mol. The first-order chi connectivity index (χ1) is 9.22. The Morgan fingerprint density at radius 1 is 1.11 bits per heavy atom. The molecule has 2 heterocycles. The van der Waals surface area contributed by atoms with Crippen LogP contribution in [0, 0.1) is 5.92 Å². The molecule has 0 saturated carbocycles. The molecular formula is C14H14O5. The molecule has 2 aliphatic rings. The van der Waals surface area contributed by atoms with Crippen LogP contribution in [0.15, 0.2) is 18.2 Å². The summed E-state index contributed by atoms with van der Waals surface area (Å²) in [6.45, 7) is 1.10. The predicted octanol–water partition coefficient (Wildman–Crippen LogP) is 1.48. The van der Waals surface area contributed by atoms with E-state index >= 15 is 0 Å². The van der Waals surface area contributed by atoms with E-state index in [9.17, 15) is 9.59 Å². The van der Waals surface area contributed by atoms with E-state index in [4.69, 9.17) is 9.47 Å². The Kier molecular flexibility index (Phi) is 3.11. The van der Waals surface area contributed by atoms with E-state index in [1.165, 1.54) is 0 Å². The third kappa shape index (κ3) is 2.54. The molecule has 2 aliphatic heterocycles. The smallest absolute Gasteiger partial charge is 0.316 e. The van der Waals surface area contributed by atoms with Gasteiger partial charge in [0.1, 0.15) is 13.2 Å². The lowest BCUT2D eigenvalue weighted by atomic mass is 9.93. The maximum absolute atomic E-state index is 11.6. The van der Waals surface area contributed by atoms with Crippen LogP contribution in [0.4, 0.5) is 0 Å². The molecular weight excluding hydrogens is 248 g/mol. The normalized spacial score (nSPS) is 22.0. The Balaban J connectivity index is 1.73. The molecule has 1 aromatic carbocycles. The zero-order valence-corrected chi connectivity index (χ0v) is 10.4. The third-order valence-electron chi connectivity index (χ3n) is 3.33. The van der Waals surface area contributed by atoms with Crippen LogP contribution in [-0.4, -0.2) is 25.2 Å². The van der Waals surface area contributed by atoms with Gasteiger partial charge in [-0.2, -0.15) is 0 Å². The number of benzene rings is 1. The van der Waals surface area contributed by atoms with Gasteiger partial charge in [0, 0.05) is 6.42 Å². The summed E-state index contributed by atoms with van der Waals surface area (Å²) in [6, 6.07) is 5.65. The van der Waals surface area contributed by atoms with Gasteiger partial charge in [-0.15, -0.1) is 0 Å². The fourth-order valence-electron chi connectivity index (χ4n) is 2.34. The molecule has 1 fully saturated rings. The van der Waals surface area contributed by atoms with Crippen molar-refractivity contribution in [2.45, 2.75) is 19.3 Å². The first-order valence-electron chi connectivity index (χ1n) is 6.35. The largest absolute Gasteiger partial charge is 0.486 e. The van der Waals surface area contributed by atoms with Gasteiger partial charge in [0.15, 0.2) is 11.5 Å². The number of carbonyl (C=O) groups excluding carboxylic acids is 2. The van der Waals surface area contributed by atoms with Crippen LogP contribution in [0.2, 0.25) is 0 Å². The van der Waals surface area contributed by atoms with Gasteiger partial charge in [-0.3, -0.25) is 9.59 Å². The van der Waals surface area contributed by atoms with Crippen molar-refractivity contribution in [3.8, 4) is 11.5 Å². The van der Waals surface area contributed by atoms with E-state index in [1.807, 2.05) is 18.2 Å². The summed E-state index contributed by atoms with van der Waals surface area (Å²) < 4.78 is 15.6. The summed E-state index contributed by atoms with van der Waals surface area (Å²) >= 11 is 0. The fourth-order valence-corrected chi connectivity index (χ4v) is 2.34. The molecule has 0 spiro atoms. The molecule has 1 unspecified atom stereocenters. The molecule has 1 aromatic rings. The minimum atomic E-state index is -0.427. The highest BCUT2D eigenvalue weighted by molar-refractivity contribution is 5.89. The molecule has 0 radical (unpaired) electrons. The van der Waals surface area contributed by atoms with Crippen LogP contribution < -0.4 is 9.47 Å². The van der Waals surface area contributed by atoms with Crippen molar-refractivity contribution in [2.24, 2.45) is 5.92 Å². The second-order valence-electron chi connectivity index (χ2n) is 4.71. The second kappa shape index (κ2) is 4.91. The van der Waals surface area contributed by atoms with Crippen LogP contribution in [0.25, 0.3) is 0 Å². The first kappa shape index (κ1) is 12.0. The van der Waals surface area contributed by atoms with E-state index in [0.29, 0.717) is 38.2 Å². The van der Waals surface area contributed by atoms with Gasteiger partial charge in [0.05, 0.1) is 5.92 Å². The molecule has 19 heavy (non-hydrogen) atoms. The molecule has 0 aromatic heterocycles. The molecule has 1 atom stereocenters. The lowest BCUT2D eigenvalue weighted by Crippen LogP contribution is -2.29. The van der Waals surface area contributed by atoms with Crippen molar-refractivity contribution in [1.82, 2.24) is 0 Å². The Morgan fingerprint density at radius 3 is 2.68 bits per heavy atom. The fraction of sp³-hybridized carbons (Fsp3) is 0.429. The standard InChI is InChI=1S/C14H14O5/c15-13-4-2-10(14(16)19-13)7-9-1-3-11-12(8-9)18-6-5-17-11/h1,3,8,10H,2,4-7H2. The summed E-state index contributed by atoms with van der Waals surface area (Å²) in [5, 5.41) is 0. The molecule has 3 rings (SSSR count). The molecule has 0 bridgehead atoms. The van der Waals surface area contributed by atoms with Crippen molar-refractivity contribution in [3.63, 3.8) is 0 Å². The van der Waals surface area contributed by atoms with Crippen LogP contribution in [0.5, 0.6) is 11.5 Å². The summed E-state index contributed by atoms with van der Waals surface area (Å²) in [6.07, 6.45) is 1.41. The minimum absolute atomic E-state index is 0.250. The summed E-state index contributed by atoms with van der Waals surface area (Å²) in [5.74, 6) is 0.343. The average molecular weight is 262 g/mol. The summed E-state index contributed by atoms with van der Waals surface area (Å²) in [7, 11) is 0. The monoisotopic (exact) mass is 262 g/mol. The van der Waals surface area contributed by atoms with E-state index in [2.05, 4.69) is 4.74 Å². The highest BCUT2D eigenvalue weighted by Gasteiger charge is 2.29. The molecule has 0 amide bonds. The molecule has 1 saturated heterocycles. The van der Waals surface area contributed by atoms with Gasteiger partial charge in [-0.05, 0) is 30.5 Å². The zero-order chi connectivity index (χ0) is 13.2. The highest BCUT2D eigenvalue weighted by Crippen LogP contribution is 2.32. The number of cyclic esters (lactones) is 2. The molecule has 5 nitrogen and oxygen atoms in total. The second-order valence-corrected chi connectivity index (χ2v) is 4.71. The highest BCUT2D eigenvalue weighted by atomic mass is 16.6. The lowest BCUT2D eigenvalue weighted by Gasteiger charge is -2.21. The average Bonchev–Trinajstić information content (AvgIpc) is 2.42. The SMILES string of the molecule is O=C1CCC(Cc2ccc3c(c2)OCCO3)C(=O)O1. The summed E-state index contributed by atoms with van der Waals surface area (Å²) in [5.41, 5.74) is 0.987. The maximum atomic E-state index is 11.6. The Hall–Kier alpha value is -2.04. The van der Waals surface area contributed by atoms with E-state index < -0.39 is 11.9 Å². The number of hydrogen-bond donors (Lipinski definition) is 0. The lowest BCUT2D eigenvalue weighted by molar-refractivity contribution is -0.167. The van der Waals surface area contributed by atoms with Crippen molar-refractivity contribution in [3.05, 3.63) is 23.8 Å². The van der Waals surface area contributed by atoms with Crippen LogP contribution in [-0.2, 0) is 20.7 Å². The van der Waals surface area contributed by atoms with Crippen molar-refractivity contribution in [2.75, 3.05) is 13.2 Å². The Labute approximate surface area is 110 Å². The molecule has 0 aliphatic carbocycles. The Morgan fingerprint density at radius 2 is 1.89 bits per heavy atom. The third-order valence-corrected chi connectivity index (χ3v) is 3.33. The van der Waals surface area contributed by atoms with E-state index in [-0.39, 0.29) is 5.92 Å². The Bertz CT molecular complexity index is 523. The van der Waals surface area contributed by atoms with Gasteiger partial charge < -0.3 is 14.2 Å². The van der Waals surface area contributed by atoms with E-state index in [1.54, 1.807) is 0 Å². The molecule has 0 N–H and O–H groups in total. The first-order valence-corrected chi connectivity index (χ1v) is 6.35. The minimum Gasteiger partial charge on any atom is -0.486 e. The van der Waals surface area contributed by atoms with E-state index in [0.717, 1.165) is 11.3 Å². The maximum Gasteiger partial charge on any atom is 0.316 e. The quantitative estimate of drug-likeness (QED) is 0.596. The van der Waals surface area contributed by atoms with Gasteiger partial charge in [0.2, 0.25) is 0 Å². The van der Waals surface area contributed by atoms with Crippen LogP contribution >= 0.6 is 0 Å². The van der Waals surface area contributed by atoms with Gasteiger partial charge >= 0.3 is 11.9 Å².